The Morgan fingerprint density at radius 1 is 1.00 bits per heavy atom. The molecule has 2 heterocycles. The maximum absolute atomic E-state index is 2.36. The van der Waals surface area contributed by atoms with Crippen LogP contribution in [0.5, 0.6) is 0 Å². The Kier molecular flexibility index (Phi) is 3.75. The third-order valence-corrected chi connectivity index (χ3v) is 8.06. The van der Waals surface area contributed by atoms with Crippen molar-refractivity contribution in [2.24, 2.45) is 0 Å². The molecule has 0 amide bonds. The molecule has 3 rings (SSSR count). The molecule has 0 nitrogen and oxygen atoms in total. The summed E-state index contributed by atoms with van der Waals surface area (Å²) in [5.41, 5.74) is 4.62. The fourth-order valence-electron chi connectivity index (χ4n) is 2.63. The van der Waals surface area contributed by atoms with Gasteiger partial charge in [-0.2, -0.15) is 0 Å². The molecule has 98 valence electrons. The van der Waals surface area contributed by atoms with Crippen molar-refractivity contribution in [3.63, 3.8) is 0 Å². The summed E-state index contributed by atoms with van der Waals surface area (Å²) in [5, 5.41) is 0. The number of thioether (sulfide) groups is 1. The van der Waals surface area contributed by atoms with E-state index in [2.05, 4.69) is 73.0 Å². The zero-order valence-corrected chi connectivity index (χ0v) is 13.9. The van der Waals surface area contributed by atoms with E-state index in [0.29, 0.717) is 14.5 Å². The van der Waals surface area contributed by atoms with Crippen LogP contribution in [-0.4, -0.2) is 20.3 Å². The Morgan fingerprint density at radius 2 is 1.79 bits per heavy atom. The SMILES string of the molecule is CC1=C(C)CC(c2ccccc2)(c2ccc[se]2)SC1. The third-order valence-electron chi connectivity index (χ3n) is 3.94. The van der Waals surface area contributed by atoms with E-state index in [1.165, 1.54) is 12.0 Å². The van der Waals surface area contributed by atoms with Gasteiger partial charge in [-0.1, -0.05) is 0 Å². The van der Waals surface area contributed by atoms with E-state index >= 15 is 0 Å². The summed E-state index contributed by atoms with van der Waals surface area (Å²) in [6.07, 6.45) is 1.17. The summed E-state index contributed by atoms with van der Waals surface area (Å²) in [4.78, 5) is 2.34. The molecule has 0 fully saturated rings. The fourth-order valence-corrected chi connectivity index (χ4v) is 6.56. The molecule has 1 aromatic carbocycles. The van der Waals surface area contributed by atoms with Crippen molar-refractivity contribution in [3.8, 4) is 0 Å². The van der Waals surface area contributed by atoms with Crippen LogP contribution in [0.2, 0.25) is 0 Å². The molecule has 0 spiro atoms. The van der Waals surface area contributed by atoms with Crippen LogP contribution in [0, 0.1) is 0 Å². The molecular formula is C17H18SSe. The van der Waals surface area contributed by atoms with Gasteiger partial charge in [-0.25, -0.2) is 0 Å². The Labute approximate surface area is 125 Å². The molecular weight excluding hydrogens is 315 g/mol. The van der Waals surface area contributed by atoms with E-state index in [0.717, 1.165) is 5.75 Å². The second-order valence-corrected chi connectivity index (χ2v) is 8.46. The first-order valence-electron chi connectivity index (χ1n) is 6.61. The van der Waals surface area contributed by atoms with Crippen molar-refractivity contribution in [2.45, 2.75) is 25.0 Å². The van der Waals surface area contributed by atoms with Gasteiger partial charge in [-0.05, 0) is 0 Å². The molecule has 2 aromatic rings. The van der Waals surface area contributed by atoms with E-state index < -0.39 is 0 Å². The van der Waals surface area contributed by atoms with E-state index in [1.54, 1.807) is 15.6 Å². The van der Waals surface area contributed by atoms with Gasteiger partial charge in [0.1, 0.15) is 0 Å². The third kappa shape index (κ3) is 2.38. The monoisotopic (exact) mass is 334 g/mol. The van der Waals surface area contributed by atoms with Crippen LogP contribution < -0.4 is 0 Å². The van der Waals surface area contributed by atoms with E-state index in [9.17, 15) is 0 Å². The summed E-state index contributed by atoms with van der Waals surface area (Å²) in [5.74, 6) is 1.16. The van der Waals surface area contributed by atoms with E-state index in [1.807, 2.05) is 0 Å². The first kappa shape index (κ1) is 13.3. The summed E-state index contributed by atoms with van der Waals surface area (Å²) < 4.78 is 1.82. The first-order chi connectivity index (χ1) is 9.22. The Bertz CT molecular complexity index is 583. The van der Waals surface area contributed by atoms with Gasteiger partial charge in [0.2, 0.25) is 0 Å². The van der Waals surface area contributed by atoms with Gasteiger partial charge in [-0.3, -0.25) is 0 Å². The predicted octanol–water partition coefficient (Wildman–Crippen LogP) is 4.46. The quantitative estimate of drug-likeness (QED) is 0.577. The minimum absolute atomic E-state index is 0.189. The van der Waals surface area contributed by atoms with Crippen molar-refractivity contribution >= 4 is 26.3 Å². The minimum atomic E-state index is 0.189. The standard InChI is InChI=1S/C17H18SSe/c1-13-11-17(18-12-14(13)2,16-9-6-10-19-16)15-7-4-3-5-8-15/h3-10H,11-12H2,1-2H3. The van der Waals surface area contributed by atoms with Crippen LogP contribution in [-0.2, 0) is 4.75 Å². The van der Waals surface area contributed by atoms with Crippen LogP contribution in [0.15, 0.2) is 58.6 Å². The van der Waals surface area contributed by atoms with Gasteiger partial charge in [-0.15, -0.1) is 0 Å². The van der Waals surface area contributed by atoms with Crippen LogP contribution in [0.4, 0.5) is 0 Å². The van der Waals surface area contributed by atoms with Crippen LogP contribution in [0.25, 0.3) is 0 Å². The molecule has 0 N–H and O–H groups in total. The van der Waals surface area contributed by atoms with Crippen LogP contribution in [0.3, 0.4) is 0 Å². The summed E-state index contributed by atoms with van der Waals surface area (Å²) in [6, 6.07) is 15.7. The first-order valence-corrected chi connectivity index (χ1v) is 9.44. The van der Waals surface area contributed by atoms with Crippen molar-refractivity contribution in [3.05, 3.63) is 68.6 Å². The molecule has 1 unspecified atom stereocenters. The summed E-state index contributed by atoms with van der Waals surface area (Å²) >= 11 is 2.64. The Balaban J connectivity index is 2.13. The molecule has 1 aromatic heterocycles. The Hall–Kier alpha value is -0.691. The number of hydrogen-bond acceptors (Lipinski definition) is 1. The molecule has 0 radical (unpaired) electrons. The van der Waals surface area contributed by atoms with Crippen molar-refractivity contribution in [1.29, 1.82) is 0 Å². The zero-order valence-electron chi connectivity index (χ0n) is 11.3. The van der Waals surface area contributed by atoms with Gasteiger partial charge in [0.25, 0.3) is 0 Å². The van der Waals surface area contributed by atoms with Crippen molar-refractivity contribution in [2.75, 3.05) is 5.75 Å². The molecule has 0 aliphatic carbocycles. The van der Waals surface area contributed by atoms with Crippen LogP contribution in [0.1, 0.15) is 30.3 Å². The number of hydrogen-bond donors (Lipinski definition) is 0. The fraction of sp³-hybridized carbons (Fsp3) is 0.294. The number of rotatable bonds is 2. The Morgan fingerprint density at radius 3 is 2.42 bits per heavy atom. The summed E-state index contributed by atoms with van der Waals surface area (Å²) in [6.45, 7) is 4.59. The van der Waals surface area contributed by atoms with Crippen molar-refractivity contribution in [1.82, 2.24) is 0 Å². The average Bonchev–Trinajstić information content (AvgIpc) is 2.98. The second-order valence-electron chi connectivity index (χ2n) is 5.20. The van der Waals surface area contributed by atoms with Gasteiger partial charge >= 0.3 is 126 Å². The summed E-state index contributed by atoms with van der Waals surface area (Å²) in [7, 11) is 0. The van der Waals surface area contributed by atoms with E-state index in [-0.39, 0.29) is 4.75 Å². The molecule has 0 saturated heterocycles. The van der Waals surface area contributed by atoms with Gasteiger partial charge in [0.05, 0.1) is 0 Å². The number of benzene rings is 1. The van der Waals surface area contributed by atoms with Crippen molar-refractivity contribution < 1.29 is 0 Å². The van der Waals surface area contributed by atoms with Gasteiger partial charge < -0.3 is 0 Å². The molecule has 0 saturated carbocycles. The molecule has 19 heavy (non-hydrogen) atoms. The molecule has 1 aliphatic heterocycles. The maximum atomic E-state index is 2.36. The molecule has 1 atom stereocenters. The molecule has 0 bridgehead atoms. The van der Waals surface area contributed by atoms with E-state index in [4.69, 9.17) is 0 Å². The number of allylic oxidation sites excluding steroid dienone is 1. The molecule has 2 heteroatoms. The topological polar surface area (TPSA) is 0 Å². The molecule has 1 aliphatic rings. The average molecular weight is 333 g/mol. The predicted molar refractivity (Wildman–Crippen MR) is 86.1 cm³/mol. The second kappa shape index (κ2) is 5.36. The van der Waals surface area contributed by atoms with Gasteiger partial charge in [0.15, 0.2) is 0 Å². The normalized spacial score (nSPS) is 23.7. The zero-order chi connectivity index (χ0) is 13.3. The van der Waals surface area contributed by atoms with Gasteiger partial charge in [0, 0.05) is 0 Å². The van der Waals surface area contributed by atoms with Crippen LogP contribution >= 0.6 is 11.8 Å².